The van der Waals surface area contributed by atoms with Crippen LogP contribution in [0, 0.1) is 5.82 Å². The summed E-state index contributed by atoms with van der Waals surface area (Å²) in [4.78, 5) is 20.9. The molecule has 0 aliphatic rings. The third-order valence-electron chi connectivity index (χ3n) is 4.45. The van der Waals surface area contributed by atoms with Crippen molar-refractivity contribution in [2.75, 3.05) is 12.0 Å². The van der Waals surface area contributed by atoms with Crippen LogP contribution in [0.1, 0.15) is 28.6 Å². The van der Waals surface area contributed by atoms with E-state index in [1.165, 1.54) is 29.2 Å². The normalized spacial score (nSPS) is 12.2. The fraction of sp³-hybridized carbons (Fsp3) is 0.211. The minimum Gasteiger partial charge on any atom is -0.342 e. The Balaban J connectivity index is 1.66. The maximum absolute atomic E-state index is 13.9. The quantitative estimate of drug-likeness (QED) is 0.485. The largest absolute Gasteiger partial charge is 0.342 e. The molecule has 0 spiro atoms. The van der Waals surface area contributed by atoms with Gasteiger partial charge in [0, 0.05) is 0 Å². The molecular weight excluding hydrogens is 393 g/mol. The second-order valence-electron chi connectivity index (χ2n) is 6.36. The molecular formula is C19H18FN7OS. The Morgan fingerprint density at radius 2 is 2.17 bits per heavy atom. The van der Waals surface area contributed by atoms with Gasteiger partial charge in [0.05, 0.1) is 28.3 Å². The number of halogens is 1. The molecule has 10 heteroatoms. The minimum absolute atomic E-state index is 0.141. The summed E-state index contributed by atoms with van der Waals surface area (Å²) >= 11 is 1.67. The number of carbonyl (C=O) groups is 1. The van der Waals surface area contributed by atoms with Crippen molar-refractivity contribution in [3.8, 4) is 5.69 Å². The van der Waals surface area contributed by atoms with E-state index in [4.69, 9.17) is 0 Å². The molecule has 0 unspecified atom stereocenters. The highest BCUT2D eigenvalue weighted by Gasteiger charge is 2.22. The molecule has 2 heterocycles. The van der Waals surface area contributed by atoms with E-state index in [-0.39, 0.29) is 11.6 Å². The number of nitrogens with one attached hydrogen (secondary N) is 2. The summed E-state index contributed by atoms with van der Waals surface area (Å²) in [5.41, 5.74) is 2.25. The van der Waals surface area contributed by atoms with E-state index in [0.717, 1.165) is 16.8 Å². The lowest BCUT2D eigenvalue weighted by molar-refractivity contribution is 0.0933. The van der Waals surface area contributed by atoms with Gasteiger partial charge in [0.15, 0.2) is 0 Å². The van der Waals surface area contributed by atoms with Crippen LogP contribution in [0.25, 0.3) is 16.7 Å². The highest BCUT2D eigenvalue weighted by Crippen LogP contribution is 2.22. The van der Waals surface area contributed by atoms with Crippen molar-refractivity contribution >= 4 is 28.7 Å². The number of H-pyrrole nitrogens is 1. The van der Waals surface area contributed by atoms with Crippen LogP contribution in [0.5, 0.6) is 0 Å². The van der Waals surface area contributed by atoms with Gasteiger partial charge in [-0.3, -0.25) is 4.79 Å². The number of para-hydroxylation sites is 2. The molecule has 0 saturated heterocycles. The number of hydrogen-bond acceptors (Lipinski definition) is 6. The fourth-order valence-corrected chi connectivity index (χ4v) is 3.52. The maximum atomic E-state index is 13.9. The van der Waals surface area contributed by atoms with Crippen molar-refractivity contribution in [1.29, 1.82) is 0 Å². The van der Waals surface area contributed by atoms with E-state index < -0.39 is 11.7 Å². The topological polar surface area (TPSA) is 101 Å². The number of thioether (sulfide) groups is 1. The number of nitrogens with zero attached hydrogens (tertiary/aromatic N) is 5. The molecule has 2 aromatic heterocycles. The summed E-state index contributed by atoms with van der Waals surface area (Å²) in [6.45, 7) is 0. The lowest BCUT2D eigenvalue weighted by atomic mass is 10.1. The standard InChI is InChI=1S/C19H18FN7OS/c1-29-9-8-16(18-22-14-4-2-3-5-15(14)23-18)24-19(28)13-10-12(20)6-7-17(13)27-11-21-25-26-27/h2-7,10-11,16H,8-9H2,1H3,(H,22,23)(H,24,28)/t16-/m0/s1. The Morgan fingerprint density at radius 3 is 2.93 bits per heavy atom. The van der Waals surface area contributed by atoms with Crippen molar-refractivity contribution in [1.82, 2.24) is 35.5 Å². The molecule has 8 nitrogen and oxygen atoms in total. The van der Waals surface area contributed by atoms with Gasteiger partial charge in [-0.05, 0) is 59.2 Å². The molecule has 1 amide bonds. The first-order valence-electron chi connectivity index (χ1n) is 8.93. The van der Waals surface area contributed by atoms with Crippen LogP contribution in [-0.2, 0) is 0 Å². The molecule has 4 aromatic rings. The molecule has 0 fully saturated rings. The first-order chi connectivity index (χ1) is 14.2. The van der Waals surface area contributed by atoms with Gasteiger partial charge in [-0.15, -0.1) is 5.10 Å². The number of carbonyl (C=O) groups excluding carboxylic acids is 1. The van der Waals surface area contributed by atoms with Crippen LogP contribution in [0.4, 0.5) is 4.39 Å². The third-order valence-corrected chi connectivity index (χ3v) is 5.10. The van der Waals surface area contributed by atoms with Crippen molar-refractivity contribution < 1.29 is 9.18 Å². The average molecular weight is 411 g/mol. The molecule has 0 radical (unpaired) electrons. The van der Waals surface area contributed by atoms with Crippen molar-refractivity contribution in [3.05, 3.63) is 66.0 Å². The van der Waals surface area contributed by atoms with Crippen molar-refractivity contribution in [2.24, 2.45) is 0 Å². The number of benzene rings is 2. The molecule has 148 valence electrons. The van der Waals surface area contributed by atoms with Gasteiger partial charge < -0.3 is 10.3 Å². The zero-order valence-corrected chi connectivity index (χ0v) is 16.4. The van der Waals surface area contributed by atoms with E-state index in [1.54, 1.807) is 11.8 Å². The lowest BCUT2D eigenvalue weighted by Gasteiger charge is -2.17. The summed E-state index contributed by atoms with van der Waals surface area (Å²) in [6.07, 6.45) is 4.02. The second kappa shape index (κ2) is 8.39. The van der Waals surface area contributed by atoms with Crippen LogP contribution in [0.15, 0.2) is 48.8 Å². The summed E-state index contributed by atoms with van der Waals surface area (Å²) in [7, 11) is 0. The fourth-order valence-electron chi connectivity index (χ4n) is 3.05. The van der Waals surface area contributed by atoms with Gasteiger partial charge in [-0.1, -0.05) is 12.1 Å². The van der Waals surface area contributed by atoms with Crippen molar-refractivity contribution in [2.45, 2.75) is 12.5 Å². The molecule has 29 heavy (non-hydrogen) atoms. The smallest absolute Gasteiger partial charge is 0.254 e. The van der Waals surface area contributed by atoms with E-state index in [2.05, 4.69) is 30.8 Å². The van der Waals surface area contributed by atoms with Gasteiger partial charge in [-0.2, -0.15) is 16.4 Å². The molecule has 4 rings (SSSR count). The first kappa shape index (κ1) is 19.1. The number of tetrazole rings is 1. The summed E-state index contributed by atoms with van der Waals surface area (Å²) in [5, 5.41) is 14.0. The zero-order valence-electron chi connectivity index (χ0n) is 15.5. The Hall–Kier alpha value is -3.27. The second-order valence-corrected chi connectivity index (χ2v) is 7.35. The zero-order chi connectivity index (χ0) is 20.2. The van der Waals surface area contributed by atoms with E-state index in [1.807, 2.05) is 30.5 Å². The van der Waals surface area contributed by atoms with Gasteiger partial charge in [0.2, 0.25) is 0 Å². The Kier molecular flexibility index (Phi) is 5.52. The molecule has 1 atom stereocenters. The van der Waals surface area contributed by atoms with Crippen LogP contribution < -0.4 is 5.32 Å². The highest BCUT2D eigenvalue weighted by molar-refractivity contribution is 7.98. The van der Waals surface area contributed by atoms with Crippen LogP contribution >= 0.6 is 11.8 Å². The van der Waals surface area contributed by atoms with E-state index in [9.17, 15) is 9.18 Å². The SMILES string of the molecule is CSCC[C@H](NC(=O)c1cc(F)ccc1-n1cnnn1)c1nc2ccccc2[nH]1. The first-order valence-corrected chi connectivity index (χ1v) is 10.3. The van der Waals surface area contributed by atoms with Crippen LogP contribution in [-0.4, -0.2) is 48.1 Å². The number of hydrogen-bond donors (Lipinski definition) is 2. The molecule has 0 aliphatic heterocycles. The minimum atomic E-state index is -0.517. The number of imidazole rings is 1. The summed E-state index contributed by atoms with van der Waals surface area (Å²) in [5.74, 6) is 0.539. The number of aromatic nitrogens is 6. The van der Waals surface area contributed by atoms with Crippen LogP contribution in [0.2, 0.25) is 0 Å². The Labute approximate surface area is 169 Å². The lowest BCUT2D eigenvalue weighted by Crippen LogP contribution is -2.30. The summed E-state index contributed by atoms with van der Waals surface area (Å²) < 4.78 is 15.2. The van der Waals surface area contributed by atoms with E-state index in [0.29, 0.717) is 17.9 Å². The molecule has 0 saturated carbocycles. The van der Waals surface area contributed by atoms with Crippen molar-refractivity contribution in [3.63, 3.8) is 0 Å². The number of amides is 1. The molecule has 0 aliphatic carbocycles. The monoisotopic (exact) mass is 411 g/mol. The maximum Gasteiger partial charge on any atom is 0.254 e. The highest BCUT2D eigenvalue weighted by atomic mass is 32.2. The van der Waals surface area contributed by atoms with E-state index >= 15 is 0 Å². The van der Waals surface area contributed by atoms with Crippen LogP contribution in [0.3, 0.4) is 0 Å². The average Bonchev–Trinajstić information content (AvgIpc) is 3.40. The molecule has 0 bridgehead atoms. The van der Waals surface area contributed by atoms with Gasteiger partial charge >= 0.3 is 0 Å². The third kappa shape index (κ3) is 4.11. The number of aromatic amines is 1. The Bertz CT molecular complexity index is 1100. The number of rotatable bonds is 7. The predicted octanol–water partition coefficient (Wildman–Crippen LogP) is 2.90. The predicted molar refractivity (Wildman–Crippen MR) is 108 cm³/mol. The molecule has 2 aromatic carbocycles. The Morgan fingerprint density at radius 1 is 1.31 bits per heavy atom. The van der Waals surface area contributed by atoms with Gasteiger partial charge in [-0.25, -0.2) is 9.37 Å². The summed E-state index contributed by atoms with van der Waals surface area (Å²) in [6, 6.07) is 11.2. The molecule has 2 N–H and O–H groups in total. The van der Waals surface area contributed by atoms with Gasteiger partial charge in [0.25, 0.3) is 5.91 Å². The van der Waals surface area contributed by atoms with Gasteiger partial charge in [0.1, 0.15) is 18.0 Å². The number of fused-ring (bicyclic) bond motifs is 1.